The number of nitrogens with zero attached hydrogens (tertiary/aromatic N) is 5. The van der Waals surface area contributed by atoms with Crippen molar-refractivity contribution in [2.45, 2.75) is 40.8 Å². The third-order valence-corrected chi connectivity index (χ3v) is 3.96. The van der Waals surface area contributed by atoms with Gasteiger partial charge in [0, 0.05) is 12.2 Å². The summed E-state index contributed by atoms with van der Waals surface area (Å²) in [7, 11) is 0. The second-order valence-electron chi connectivity index (χ2n) is 6.25. The predicted molar refractivity (Wildman–Crippen MR) is 119 cm³/mol. The Kier molecular flexibility index (Phi) is 7.97. The van der Waals surface area contributed by atoms with Crippen LogP contribution in [0.2, 0.25) is 0 Å². The molecule has 0 aliphatic heterocycles. The third-order valence-electron chi connectivity index (χ3n) is 3.96. The second-order valence-corrected chi connectivity index (χ2v) is 6.25. The molecule has 3 rings (SSSR count). The molecule has 28 heavy (non-hydrogen) atoms. The van der Waals surface area contributed by atoms with Crippen LogP contribution in [0.25, 0.3) is 5.69 Å². The average Bonchev–Trinajstić information content (AvgIpc) is 3.22. The highest BCUT2D eigenvalue weighted by atomic mass is 127. The maximum absolute atomic E-state index is 5.13. The van der Waals surface area contributed by atoms with Gasteiger partial charge in [0.1, 0.15) is 0 Å². The summed E-state index contributed by atoms with van der Waals surface area (Å²) in [4.78, 5) is 8.88. The van der Waals surface area contributed by atoms with E-state index in [2.05, 4.69) is 51.0 Å². The highest BCUT2D eigenvalue weighted by Crippen LogP contribution is 2.17. The van der Waals surface area contributed by atoms with Gasteiger partial charge in [0.15, 0.2) is 11.8 Å². The summed E-state index contributed by atoms with van der Waals surface area (Å²) in [6.45, 7) is 9.57. The summed E-state index contributed by atoms with van der Waals surface area (Å²) in [5.74, 6) is 1.84. The Balaban J connectivity index is 0.00000280. The van der Waals surface area contributed by atoms with E-state index in [1.807, 2.05) is 30.7 Å². The van der Waals surface area contributed by atoms with Gasteiger partial charge >= 0.3 is 0 Å². The first-order valence-electron chi connectivity index (χ1n) is 8.99. The maximum atomic E-state index is 5.13. The quantitative estimate of drug-likeness (QED) is 0.310. The molecule has 0 spiro atoms. The van der Waals surface area contributed by atoms with E-state index in [1.54, 1.807) is 6.92 Å². The van der Waals surface area contributed by atoms with Crippen molar-refractivity contribution in [1.82, 2.24) is 30.6 Å². The molecule has 2 heterocycles. The van der Waals surface area contributed by atoms with Gasteiger partial charge in [-0.2, -0.15) is 10.1 Å². The number of guanidine groups is 1. The van der Waals surface area contributed by atoms with Crippen molar-refractivity contribution in [3.05, 3.63) is 59.0 Å². The molecule has 2 N–H and O–H groups in total. The number of rotatable bonds is 6. The van der Waals surface area contributed by atoms with Crippen LogP contribution in [0.1, 0.15) is 35.6 Å². The van der Waals surface area contributed by atoms with Gasteiger partial charge < -0.3 is 15.2 Å². The summed E-state index contributed by atoms with van der Waals surface area (Å²) >= 11 is 0. The molecule has 150 valence electrons. The van der Waals surface area contributed by atoms with Crippen molar-refractivity contribution in [3.8, 4) is 5.69 Å². The minimum absolute atomic E-state index is 0. The van der Waals surface area contributed by atoms with Gasteiger partial charge in [-0.1, -0.05) is 23.4 Å². The lowest BCUT2D eigenvalue weighted by molar-refractivity contribution is 0.371. The van der Waals surface area contributed by atoms with Gasteiger partial charge in [-0.15, -0.1) is 24.0 Å². The lowest BCUT2D eigenvalue weighted by Gasteiger charge is -2.12. The van der Waals surface area contributed by atoms with E-state index in [9.17, 15) is 0 Å². The Bertz CT molecular complexity index is 932. The number of halogens is 1. The maximum Gasteiger partial charge on any atom is 0.246 e. The fourth-order valence-corrected chi connectivity index (χ4v) is 2.80. The lowest BCUT2D eigenvalue weighted by atomic mass is 10.2. The van der Waals surface area contributed by atoms with Crippen molar-refractivity contribution in [3.63, 3.8) is 0 Å². The van der Waals surface area contributed by atoms with Crippen LogP contribution in [0.4, 0.5) is 0 Å². The molecule has 8 nitrogen and oxygen atoms in total. The molecular weight excluding hydrogens is 469 g/mol. The Morgan fingerprint density at radius 2 is 1.96 bits per heavy atom. The molecule has 0 saturated heterocycles. The highest BCUT2D eigenvalue weighted by Gasteiger charge is 2.09. The number of para-hydroxylation sites is 1. The van der Waals surface area contributed by atoms with Crippen LogP contribution in [0.5, 0.6) is 0 Å². The molecule has 0 atom stereocenters. The van der Waals surface area contributed by atoms with E-state index in [0.717, 1.165) is 29.2 Å². The Morgan fingerprint density at radius 1 is 1.18 bits per heavy atom. The van der Waals surface area contributed by atoms with Gasteiger partial charge in [0.05, 0.1) is 24.5 Å². The van der Waals surface area contributed by atoms with E-state index in [1.165, 1.54) is 0 Å². The van der Waals surface area contributed by atoms with Crippen molar-refractivity contribution in [1.29, 1.82) is 0 Å². The molecular formula is C19H26IN7O. The van der Waals surface area contributed by atoms with Gasteiger partial charge in [-0.05, 0) is 45.4 Å². The molecule has 3 aromatic rings. The van der Waals surface area contributed by atoms with E-state index >= 15 is 0 Å². The molecule has 0 amide bonds. The Hall–Kier alpha value is -2.43. The third kappa shape index (κ3) is 5.54. The van der Waals surface area contributed by atoms with Crippen molar-refractivity contribution in [2.75, 3.05) is 6.54 Å². The van der Waals surface area contributed by atoms with E-state index < -0.39 is 0 Å². The molecule has 9 heteroatoms. The molecule has 0 radical (unpaired) electrons. The topological polar surface area (TPSA) is 93.2 Å². The molecule has 1 aromatic carbocycles. The molecule has 0 saturated carbocycles. The summed E-state index contributed by atoms with van der Waals surface area (Å²) in [5.41, 5.74) is 4.22. The number of aliphatic imine (C=N–C) groups is 1. The normalized spacial score (nSPS) is 11.2. The zero-order valence-corrected chi connectivity index (χ0v) is 18.9. The fourth-order valence-electron chi connectivity index (χ4n) is 2.80. The van der Waals surface area contributed by atoms with E-state index in [0.29, 0.717) is 30.8 Å². The molecule has 2 aromatic heterocycles. The van der Waals surface area contributed by atoms with Crippen LogP contribution in [0.3, 0.4) is 0 Å². The standard InChI is InChI=1S/C19H25N7O.HI/c1-5-20-19(22-12-18-23-15(4)25-27-18)21-11-16-8-6-7-9-17(16)26-14(3)10-13(2)24-26;/h6-10H,5,11-12H2,1-4H3,(H2,20,21,22);1H. The molecule has 0 bridgehead atoms. The van der Waals surface area contributed by atoms with Crippen LogP contribution in [0.15, 0.2) is 39.8 Å². The monoisotopic (exact) mass is 495 g/mol. The fraction of sp³-hybridized carbons (Fsp3) is 0.368. The lowest BCUT2D eigenvalue weighted by Crippen LogP contribution is -2.36. The SMILES string of the molecule is CCNC(=NCc1ccccc1-n1nc(C)cc1C)NCc1nc(C)no1.I. The van der Waals surface area contributed by atoms with Crippen molar-refractivity contribution < 1.29 is 4.52 Å². The number of aryl methyl sites for hydroxylation is 3. The summed E-state index contributed by atoms with van der Waals surface area (Å²) < 4.78 is 7.09. The molecule has 0 fully saturated rings. The van der Waals surface area contributed by atoms with E-state index in [4.69, 9.17) is 9.52 Å². The molecule has 0 aliphatic carbocycles. The van der Waals surface area contributed by atoms with Crippen LogP contribution in [-0.2, 0) is 13.1 Å². The second kappa shape index (κ2) is 10.2. The first-order valence-corrected chi connectivity index (χ1v) is 8.99. The minimum Gasteiger partial charge on any atom is -0.357 e. The first kappa shape index (κ1) is 21.9. The number of hydrogen-bond acceptors (Lipinski definition) is 5. The number of nitrogens with one attached hydrogen (secondary N) is 2. The van der Waals surface area contributed by atoms with Crippen LogP contribution in [0, 0.1) is 20.8 Å². The zero-order valence-electron chi connectivity index (χ0n) is 16.6. The zero-order chi connectivity index (χ0) is 19.2. The number of aromatic nitrogens is 4. The summed E-state index contributed by atoms with van der Waals surface area (Å²) in [6, 6.07) is 10.2. The smallest absolute Gasteiger partial charge is 0.246 e. The highest BCUT2D eigenvalue weighted by molar-refractivity contribution is 14.0. The molecule has 0 unspecified atom stereocenters. The van der Waals surface area contributed by atoms with Gasteiger partial charge in [0.2, 0.25) is 5.89 Å². The van der Waals surface area contributed by atoms with Gasteiger partial charge in [0.25, 0.3) is 0 Å². The van der Waals surface area contributed by atoms with Crippen molar-refractivity contribution >= 4 is 29.9 Å². The van der Waals surface area contributed by atoms with E-state index in [-0.39, 0.29) is 24.0 Å². The predicted octanol–water partition coefficient (Wildman–Crippen LogP) is 3.05. The van der Waals surface area contributed by atoms with Gasteiger partial charge in [-0.3, -0.25) is 0 Å². The largest absolute Gasteiger partial charge is 0.357 e. The summed E-state index contributed by atoms with van der Waals surface area (Å²) in [5, 5.41) is 14.8. The first-order chi connectivity index (χ1) is 13.1. The van der Waals surface area contributed by atoms with Crippen LogP contribution < -0.4 is 10.6 Å². The molecule has 0 aliphatic rings. The number of benzene rings is 1. The van der Waals surface area contributed by atoms with Crippen LogP contribution >= 0.6 is 24.0 Å². The minimum atomic E-state index is 0. The number of hydrogen-bond donors (Lipinski definition) is 2. The summed E-state index contributed by atoms with van der Waals surface area (Å²) in [6.07, 6.45) is 0. The van der Waals surface area contributed by atoms with Crippen LogP contribution in [-0.4, -0.2) is 32.4 Å². The average molecular weight is 495 g/mol. The van der Waals surface area contributed by atoms with Crippen molar-refractivity contribution in [2.24, 2.45) is 4.99 Å². The Morgan fingerprint density at radius 3 is 2.61 bits per heavy atom. The Labute approximate surface area is 181 Å². The van der Waals surface area contributed by atoms with Gasteiger partial charge in [-0.25, -0.2) is 9.67 Å².